The number of amides is 1. The summed E-state index contributed by atoms with van der Waals surface area (Å²) < 4.78 is 1.88. The van der Waals surface area contributed by atoms with Gasteiger partial charge in [-0.3, -0.25) is 9.59 Å². The van der Waals surface area contributed by atoms with Gasteiger partial charge in [0.2, 0.25) is 0 Å². The third kappa shape index (κ3) is 2.59. The highest BCUT2D eigenvalue weighted by molar-refractivity contribution is 6.07. The highest BCUT2D eigenvalue weighted by Gasteiger charge is 2.16. The SMILES string of the molecule is CC(CNC(=O)c1cn(C)c2ccccc12)C(=O)O. The summed E-state index contributed by atoms with van der Waals surface area (Å²) in [5.74, 6) is -1.76. The Bertz CT molecular complexity index is 631. The average Bonchev–Trinajstić information content (AvgIpc) is 2.73. The monoisotopic (exact) mass is 260 g/mol. The Morgan fingerprint density at radius 1 is 1.37 bits per heavy atom. The number of para-hydroxylation sites is 1. The van der Waals surface area contributed by atoms with Crippen molar-refractivity contribution in [2.24, 2.45) is 13.0 Å². The summed E-state index contributed by atoms with van der Waals surface area (Å²) in [5.41, 5.74) is 1.54. The third-order valence-corrected chi connectivity index (χ3v) is 3.13. The molecule has 0 saturated carbocycles. The van der Waals surface area contributed by atoms with E-state index < -0.39 is 11.9 Å². The van der Waals surface area contributed by atoms with E-state index in [1.165, 1.54) is 0 Å². The molecule has 5 heteroatoms. The fraction of sp³-hybridized carbons (Fsp3) is 0.286. The van der Waals surface area contributed by atoms with Crippen molar-refractivity contribution in [1.29, 1.82) is 0 Å². The van der Waals surface area contributed by atoms with Crippen LogP contribution in [-0.4, -0.2) is 28.1 Å². The van der Waals surface area contributed by atoms with Crippen molar-refractivity contribution in [1.82, 2.24) is 9.88 Å². The Hall–Kier alpha value is -2.30. The molecule has 0 bridgehead atoms. The molecule has 0 aliphatic heterocycles. The first-order valence-electron chi connectivity index (χ1n) is 6.05. The second-order valence-electron chi connectivity index (χ2n) is 4.62. The van der Waals surface area contributed by atoms with E-state index in [4.69, 9.17) is 5.11 Å². The predicted molar refractivity (Wildman–Crippen MR) is 72.1 cm³/mol. The molecule has 1 atom stereocenters. The fourth-order valence-corrected chi connectivity index (χ4v) is 1.95. The van der Waals surface area contributed by atoms with Crippen LogP contribution in [0.15, 0.2) is 30.5 Å². The lowest BCUT2D eigenvalue weighted by Gasteiger charge is -2.07. The van der Waals surface area contributed by atoms with Gasteiger partial charge in [0.05, 0.1) is 11.5 Å². The number of benzene rings is 1. The van der Waals surface area contributed by atoms with E-state index in [1.807, 2.05) is 35.9 Å². The van der Waals surface area contributed by atoms with Crippen LogP contribution in [-0.2, 0) is 11.8 Å². The van der Waals surface area contributed by atoms with Crippen molar-refractivity contribution in [3.8, 4) is 0 Å². The summed E-state index contributed by atoms with van der Waals surface area (Å²) in [6.07, 6.45) is 1.76. The number of aryl methyl sites for hydroxylation is 1. The van der Waals surface area contributed by atoms with Gasteiger partial charge in [0.25, 0.3) is 5.91 Å². The van der Waals surface area contributed by atoms with E-state index in [0.717, 1.165) is 10.9 Å². The van der Waals surface area contributed by atoms with Gasteiger partial charge in [-0.05, 0) is 6.07 Å². The lowest BCUT2D eigenvalue weighted by molar-refractivity contribution is -0.140. The van der Waals surface area contributed by atoms with Gasteiger partial charge in [-0.1, -0.05) is 25.1 Å². The van der Waals surface area contributed by atoms with Crippen LogP contribution in [0.1, 0.15) is 17.3 Å². The van der Waals surface area contributed by atoms with Gasteiger partial charge in [0, 0.05) is 30.7 Å². The average molecular weight is 260 g/mol. The smallest absolute Gasteiger partial charge is 0.308 e. The van der Waals surface area contributed by atoms with Gasteiger partial charge in [-0.2, -0.15) is 0 Å². The summed E-state index contributed by atoms with van der Waals surface area (Å²) in [4.78, 5) is 22.8. The molecular formula is C14H16N2O3. The Kier molecular flexibility index (Phi) is 3.55. The van der Waals surface area contributed by atoms with E-state index in [9.17, 15) is 9.59 Å². The molecule has 2 aromatic rings. The van der Waals surface area contributed by atoms with E-state index in [2.05, 4.69) is 5.32 Å². The predicted octanol–water partition coefficient (Wildman–Crippen LogP) is 1.63. The maximum Gasteiger partial charge on any atom is 0.308 e. The summed E-state index contributed by atoms with van der Waals surface area (Å²) in [6.45, 7) is 1.68. The Morgan fingerprint density at radius 3 is 2.74 bits per heavy atom. The zero-order valence-corrected chi connectivity index (χ0v) is 10.9. The minimum Gasteiger partial charge on any atom is -0.481 e. The number of carbonyl (C=O) groups is 2. The van der Waals surface area contributed by atoms with Gasteiger partial charge in [-0.25, -0.2) is 0 Å². The molecule has 0 radical (unpaired) electrons. The number of rotatable bonds is 4. The Morgan fingerprint density at radius 2 is 2.05 bits per heavy atom. The van der Waals surface area contributed by atoms with Gasteiger partial charge in [-0.15, -0.1) is 0 Å². The molecule has 1 unspecified atom stereocenters. The fourth-order valence-electron chi connectivity index (χ4n) is 1.95. The topological polar surface area (TPSA) is 71.3 Å². The second-order valence-corrected chi connectivity index (χ2v) is 4.62. The normalized spacial score (nSPS) is 12.3. The van der Waals surface area contributed by atoms with Crippen molar-refractivity contribution in [3.63, 3.8) is 0 Å². The number of fused-ring (bicyclic) bond motifs is 1. The maximum absolute atomic E-state index is 12.1. The van der Waals surface area contributed by atoms with E-state index in [-0.39, 0.29) is 12.5 Å². The molecule has 2 rings (SSSR count). The van der Waals surface area contributed by atoms with Crippen LogP contribution in [0.25, 0.3) is 10.9 Å². The van der Waals surface area contributed by atoms with Gasteiger partial charge in [0.15, 0.2) is 0 Å². The molecule has 0 aliphatic carbocycles. The number of hydrogen-bond acceptors (Lipinski definition) is 2. The molecule has 5 nitrogen and oxygen atoms in total. The molecule has 2 N–H and O–H groups in total. The zero-order chi connectivity index (χ0) is 14.0. The molecule has 0 fully saturated rings. The Balaban J connectivity index is 2.20. The largest absolute Gasteiger partial charge is 0.481 e. The quantitative estimate of drug-likeness (QED) is 0.877. The van der Waals surface area contributed by atoms with Crippen LogP contribution < -0.4 is 5.32 Å². The zero-order valence-electron chi connectivity index (χ0n) is 10.9. The highest BCUT2D eigenvalue weighted by atomic mass is 16.4. The number of carboxylic acid groups (broad SMARTS) is 1. The van der Waals surface area contributed by atoms with Crippen LogP contribution in [0.4, 0.5) is 0 Å². The lowest BCUT2D eigenvalue weighted by atomic mass is 10.1. The van der Waals surface area contributed by atoms with Crippen molar-refractivity contribution >= 4 is 22.8 Å². The first-order valence-corrected chi connectivity index (χ1v) is 6.05. The number of nitrogens with one attached hydrogen (secondary N) is 1. The molecule has 19 heavy (non-hydrogen) atoms. The van der Waals surface area contributed by atoms with Crippen molar-refractivity contribution in [2.45, 2.75) is 6.92 Å². The number of carboxylic acids is 1. The molecule has 0 aliphatic rings. The standard InChI is InChI=1S/C14H16N2O3/c1-9(14(18)19)7-15-13(17)11-8-16(2)12-6-4-3-5-10(11)12/h3-6,8-9H,7H2,1-2H3,(H,15,17)(H,18,19). The second kappa shape index (κ2) is 5.14. The summed E-state index contributed by atoms with van der Waals surface area (Å²) in [6, 6.07) is 7.60. The minimum absolute atomic E-state index is 0.122. The maximum atomic E-state index is 12.1. The molecule has 1 aromatic carbocycles. The molecule has 0 spiro atoms. The number of carbonyl (C=O) groups excluding carboxylic acids is 1. The molecule has 0 saturated heterocycles. The van der Waals surface area contributed by atoms with Crippen molar-refractivity contribution < 1.29 is 14.7 Å². The summed E-state index contributed by atoms with van der Waals surface area (Å²) in [7, 11) is 1.87. The molecule has 1 heterocycles. The molecule has 1 aromatic heterocycles. The number of aromatic nitrogens is 1. The van der Waals surface area contributed by atoms with E-state index in [0.29, 0.717) is 5.56 Å². The molecular weight excluding hydrogens is 244 g/mol. The highest BCUT2D eigenvalue weighted by Crippen LogP contribution is 2.20. The van der Waals surface area contributed by atoms with Crippen LogP contribution in [0.3, 0.4) is 0 Å². The number of aliphatic carboxylic acids is 1. The van der Waals surface area contributed by atoms with Crippen LogP contribution in [0.5, 0.6) is 0 Å². The van der Waals surface area contributed by atoms with Crippen molar-refractivity contribution in [3.05, 3.63) is 36.0 Å². The van der Waals surface area contributed by atoms with Crippen LogP contribution in [0, 0.1) is 5.92 Å². The molecule has 100 valence electrons. The third-order valence-electron chi connectivity index (χ3n) is 3.13. The van der Waals surface area contributed by atoms with Crippen LogP contribution >= 0.6 is 0 Å². The lowest BCUT2D eigenvalue weighted by Crippen LogP contribution is -2.31. The van der Waals surface area contributed by atoms with Crippen molar-refractivity contribution in [2.75, 3.05) is 6.54 Å². The van der Waals surface area contributed by atoms with Gasteiger partial charge in [0.1, 0.15) is 0 Å². The first kappa shape index (κ1) is 13.1. The van der Waals surface area contributed by atoms with E-state index in [1.54, 1.807) is 13.1 Å². The Labute approximate surface area is 110 Å². The number of nitrogens with zero attached hydrogens (tertiary/aromatic N) is 1. The summed E-state index contributed by atoms with van der Waals surface area (Å²) >= 11 is 0. The number of hydrogen-bond donors (Lipinski definition) is 2. The van der Waals surface area contributed by atoms with Crippen LogP contribution in [0.2, 0.25) is 0 Å². The summed E-state index contributed by atoms with van der Waals surface area (Å²) in [5, 5.41) is 12.3. The minimum atomic E-state index is -0.918. The van der Waals surface area contributed by atoms with E-state index >= 15 is 0 Å². The van der Waals surface area contributed by atoms with Gasteiger partial charge >= 0.3 is 5.97 Å². The molecule has 1 amide bonds. The van der Waals surface area contributed by atoms with Gasteiger partial charge < -0.3 is 15.0 Å². The first-order chi connectivity index (χ1) is 9.00.